The Bertz CT molecular complexity index is 318. The fourth-order valence-corrected chi connectivity index (χ4v) is 2.75. The second kappa shape index (κ2) is 20.0. The van der Waals surface area contributed by atoms with Crippen LogP contribution >= 0.6 is 0 Å². The van der Waals surface area contributed by atoms with E-state index in [2.05, 4.69) is 6.92 Å². The van der Waals surface area contributed by atoms with Crippen molar-refractivity contribution in [3.05, 3.63) is 24.3 Å². The summed E-state index contributed by atoms with van der Waals surface area (Å²) in [5.41, 5.74) is 0. The van der Waals surface area contributed by atoms with E-state index in [1.165, 1.54) is 70.6 Å². The molecule has 0 aromatic carbocycles. The van der Waals surface area contributed by atoms with Crippen LogP contribution in [0.2, 0.25) is 0 Å². The van der Waals surface area contributed by atoms with Crippen LogP contribution in [0.4, 0.5) is 0 Å². The van der Waals surface area contributed by atoms with Crippen LogP contribution in [0.1, 0.15) is 104 Å². The molecule has 0 aromatic heterocycles. The molecule has 0 saturated heterocycles. The third-order valence-corrected chi connectivity index (χ3v) is 4.26. The van der Waals surface area contributed by atoms with E-state index in [0.717, 1.165) is 12.8 Å². The molecule has 0 atom stereocenters. The number of ether oxygens (including phenoxy) is 1. The van der Waals surface area contributed by atoms with Gasteiger partial charge in [-0.3, -0.25) is 4.79 Å². The summed E-state index contributed by atoms with van der Waals surface area (Å²) in [6.45, 7) is 4.62. The average Bonchev–Trinajstić information content (AvgIpc) is 2.59. The zero-order chi connectivity index (χ0) is 17.7. The van der Waals surface area contributed by atoms with Gasteiger partial charge in [0.1, 0.15) is 6.61 Å². The summed E-state index contributed by atoms with van der Waals surface area (Å²) in [6, 6.07) is 0. The predicted octanol–water partition coefficient (Wildman–Crippen LogP) is 7.14. The van der Waals surface area contributed by atoms with Crippen molar-refractivity contribution < 1.29 is 9.53 Å². The summed E-state index contributed by atoms with van der Waals surface area (Å²) in [6.07, 6.45) is 25.5. The van der Waals surface area contributed by atoms with E-state index in [1.54, 1.807) is 0 Å². The third-order valence-electron chi connectivity index (χ3n) is 4.26. The van der Waals surface area contributed by atoms with E-state index in [9.17, 15) is 4.79 Å². The van der Waals surface area contributed by atoms with Gasteiger partial charge >= 0.3 is 5.97 Å². The van der Waals surface area contributed by atoms with Crippen molar-refractivity contribution >= 4 is 5.97 Å². The number of esters is 1. The summed E-state index contributed by atoms with van der Waals surface area (Å²) in [5, 5.41) is 0. The number of hydrogen-bond donors (Lipinski definition) is 0. The molecular formula is C22H40O2. The maximum atomic E-state index is 11.5. The Morgan fingerprint density at radius 3 is 1.75 bits per heavy atom. The van der Waals surface area contributed by atoms with Crippen LogP contribution < -0.4 is 0 Å². The lowest BCUT2D eigenvalue weighted by Crippen LogP contribution is -2.03. The zero-order valence-corrected chi connectivity index (χ0v) is 16.2. The number of unbranched alkanes of at least 4 members (excludes halogenated alkanes) is 12. The van der Waals surface area contributed by atoms with Crippen molar-refractivity contribution in [3.63, 3.8) is 0 Å². The van der Waals surface area contributed by atoms with Crippen LogP contribution in [0.25, 0.3) is 0 Å². The van der Waals surface area contributed by atoms with E-state index in [0.29, 0.717) is 13.0 Å². The van der Waals surface area contributed by atoms with Crippen LogP contribution in [-0.2, 0) is 9.53 Å². The van der Waals surface area contributed by atoms with E-state index < -0.39 is 0 Å². The molecule has 0 bridgehead atoms. The molecule has 2 nitrogen and oxygen atoms in total. The molecule has 0 saturated carbocycles. The van der Waals surface area contributed by atoms with Crippen LogP contribution in [0, 0.1) is 0 Å². The molecule has 0 aliphatic rings. The van der Waals surface area contributed by atoms with Gasteiger partial charge in [-0.15, -0.1) is 0 Å². The maximum absolute atomic E-state index is 11.5. The molecule has 0 rings (SSSR count). The minimum Gasteiger partial charge on any atom is -0.461 e. The standard InChI is InChI=1S/C22H40O2/c1-3-5-7-9-10-11-12-13-14-15-16-17-18-20-22(23)24-21-19-8-6-4-2/h4,6,8,19H,3,5,7,9-18,20-21H2,1-2H3. The first-order chi connectivity index (χ1) is 11.8. The number of carbonyl (C=O) groups excluding carboxylic acids is 1. The molecular weight excluding hydrogens is 296 g/mol. The third kappa shape index (κ3) is 19.0. The molecule has 24 heavy (non-hydrogen) atoms. The Hall–Kier alpha value is -1.05. The predicted molar refractivity (Wildman–Crippen MR) is 105 cm³/mol. The van der Waals surface area contributed by atoms with Crippen molar-refractivity contribution in [1.29, 1.82) is 0 Å². The summed E-state index contributed by atoms with van der Waals surface area (Å²) >= 11 is 0. The number of carbonyl (C=O) groups is 1. The Labute approximate surface area is 150 Å². The van der Waals surface area contributed by atoms with Crippen LogP contribution in [-0.4, -0.2) is 12.6 Å². The summed E-state index contributed by atoms with van der Waals surface area (Å²) in [7, 11) is 0. The van der Waals surface area contributed by atoms with Gasteiger partial charge < -0.3 is 4.74 Å². The molecule has 0 aromatic rings. The van der Waals surface area contributed by atoms with Gasteiger partial charge in [-0.05, 0) is 19.4 Å². The van der Waals surface area contributed by atoms with Crippen molar-refractivity contribution in [1.82, 2.24) is 0 Å². The second-order valence-corrected chi connectivity index (χ2v) is 6.63. The molecule has 0 N–H and O–H groups in total. The van der Waals surface area contributed by atoms with Gasteiger partial charge in [-0.2, -0.15) is 0 Å². The SMILES string of the molecule is CC=CC=CCOC(=O)CCCCCCCCCCCCCCC. The van der Waals surface area contributed by atoms with Crippen LogP contribution in [0.3, 0.4) is 0 Å². The monoisotopic (exact) mass is 336 g/mol. The summed E-state index contributed by atoms with van der Waals surface area (Å²) < 4.78 is 5.14. The highest BCUT2D eigenvalue weighted by molar-refractivity contribution is 5.69. The van der Waals surface area contributed by atoms with Gasteiger partial charge in [0.15, 0.2) is 0 Å². The summed E-state index contributed by atoms with van der Waals surface area (Å²) in [5.74, 6) is -0.0665. The lowest BCUT2D eigenvalue weighted by Gasteiger charge is -2.03. The maximum Gasteiger partial charge on any atom is 0.306 e. The highest BCUT2D eigenvalue weighted by Gasteiger charge is 2.01. The zero-order valence-electron chi connectivity index (χ0n) is 16.2. The second-order valence-electron chi connectivity index (χ2n) is 6.63. The first-order valence-corrected chi connectivity index (χ1v) is 10.2. The molecule has 0 aliphatic heterocycles. The van der Waals surface area contributed by atoms with Gasteiger partial charge in [-0.1, -0.05) is 102 Å². The fraction of sp³-hybridized carbons (Fsp3) is 0.773. The highest BCUT2D eigenvalue weighted by Crippen LogP contribution is 2.13. The topological polar surface area (TPSA) is 26.3 Å². The lowest BCUT2D eigenvalue weighted by atomic mass is 10.0. The first kappa shape index (κ1) is 22.9. The van der Waals surface area contributed by atoms with Crippen LogP contribution in [0.15, 0.2) is 24.3 Å². The number of rotatable bonds is 17. The van der Waals surface area contributed by atoms with Crippen molar-refractivity contribution in [3.8, 4) is 0 Å². The van der Waals surface area contributed by atoms with E-state index in [1.807, 2.05) is 31.2 Å². The average molecular weight is 337 g/mol. The minimum absolute atomic E-state index is 0.0665. The molecule has 0 heterocycles. The largest absolute Gasteiger partial charge is 0.461 e. The van der Waals surface area contributed by atoms with Crippen molar-refractivity contribution in [2.75, 3.05) is 6.61 Å². The molecule has 0 unspecified atom stereocenters. The molecule has 0 fully saturated rings. The molecule has 0 spiro atoms. The van der Waals surface area contributed by atoms with Gasteiger partial charge in [0.2, 0.25) is 0 Å². The highest BCUT2D eigenvalue weighted by atomic mass is 16.5. The minimum atomic E-state index is -0.0665. The van der Waals surface area contributed by atoms with E-state index in [-0.39, 0.29) is 5.97 Å². The fourth-order valence-electron chi connectivity index (χ4n) is 2.75. The van der Waals surface area contributed by atoms with E-state index in [4.69, 9.17) is 4.74 Å². The van der Waals surface area contributed by atoms with Gasteiger partial charge in [0.05, 0.1) is 0 Å². The quantitative estimate of drug-likeness (QED) is 0.160. The summed E-state index contributed by atoms with van der Waals surface area (Å²) in [4.78, 5) is 11.5. The number of allylic oxidation sites excluding steroid dienone is 3. The normalized spacial score (nSPS) is 11.6. The molecule has 0 aliphatic carbocycles. The van der Waals surface area contributed by atoms with E-state index >= 15 is 0 Å². The molecule has 0 radical (unpaired) electrons. The Kier molecular flexibility index (Phi) is 19.1. The molecule has 140 valence electrons. The van der Waals surface area contributed by atoms with Gasteiger partial charge in [0.25, 0.3) is 0 Å². The van der Waals surface area contributed by atoms with Crippen molar-refractivity contribution in [2.24, 2.45) is 0 Å². The Morgan fingerprint density at radius 2 is 1.25 bits per heavy atom. The smallest absolute Gasteiger partial charge is 0.306 e. The first-order valence-electron chi connectivity index (χ1n) is 10.2. The molecule has 0 amide bonds. The van der Waals surface area contributed by atoms with Gasteiger partial charge in [0, 0.05) is 6.42 Å². The molecule has 2 heteroatoms. The Balaban J connectivity index is 3.17. The Morgan fingerprint density at radius 1 is 0.750 bits per heavy atom. The number of hydrogen-bond acceptors (Lipinski definition) is 2. The van der Waals surface area contributed by atoms with Crippen molar-refractivity contribution in [2.45, 2.75) is 104 Å². The van der Waals surface area contributed by atoms with Gasteiger partial charge in [-0.25, -0.2) is 0 Å². The lowest BCUT2D eigenvalue weighted by molar-refractivity contribution is -0.142. The van der Waals surface area contributed by atoms with Crippen LogP contribution in [0.5, 0.6) is 0 Å².